The second kappa shape index (κ2) is 35.4. The summed E-state index contributed by atoms with van der Waals surface area (Å²) in [7, 11) is -4.78. The van der Waals surface area contributed by atoms with Crippen molar-refractivity contribution in [1.82, 2.24) is 0 Å². The van der Waals surface area contributed by atoms with E-state index < -0.39 is 32.5 Å². The van der Waals surface area contributed by atoms with Crippen LogP contribution in [0.5, 0.6) is 0 Å². The van der Waals surface area contributed by atoms with Gasteiger partial charge < -0.3 is 24.0 Å². The lowest BCUT2D eigenvalue weighted by Crippen LogP contribution is -2.29. The van der Waals surface area contributed by atoms with E-state index in [0.29, 0.717) is 12.8 Å². The molecule has 0 amide bonds. The maximum absolute atomic E-state index is 12.5. The fraction of sp³-hybridized carbons (Fsp3) is 0.822. The number of hydrogen-bond donors (Lipinski definition) is 2. The zero-order valence-electron chi connectivity index (χ0n) is 35.2. The molecule has 1 saturated heterocycles. The Balaban J connectivity index is 2.08. The molecule has 0 aliphatic carbocycles. The Labute approximate surface area is 336 Å². The quantitative estimate of drug-likeness (QED) is 0.0205. The molecule has 0 bridgehead atoms. The average molecular weight is 797 g/mol. The number of ether oxygens (including phenoxy) is 3. The Morgan fingerprint density at radius 3 is 1.73 bits per heavy atom. The zero-order chi connectivity index (χ0) is 40.2. The van der Waals surface area contributed by atoms with Gasteiger partial charge in [-0.05, 0) is 57.3 Å². The van der Waals surface area contributed by atoms with Crippen LogP contribution in [0.2, 0.25) is 0 Å². The Hall–Kier alpha value is -1.77. The van der Waals surface area contributed by atoms with Gasteiger partial charge in [-0.2, -0.15) is 0 Å². The van der Waals surface area contributed by atoms with Gasteiger partial charge in [-0.25, -0.2) is 4.57 Å². The highest BCUT2D eigenvalue weighted by atomic mass is 31.2. The molecule has 1 heterocycles. The number of rotatable bonds is 39. The number of esters is 2. The Morgan fingerprint density at radius 1 is 0.636 bits per heavy atom. The van der Waals surface area contributed by atoms with E-state index in [1.54, 1.807) is 0 Å². The fourth-order valence-electron chi connectivity index (χ4n) is 6.59. The van der Waals surface area contributed by atoms with Gasteiger partial charge in [0.2, 0.25) is 0 Å². The molecule has 1 fully saturated rings. The lowest BCUT2D eigenvalue weighted by atomic mass is 10.0. The zero-order valence-corrected chi connectivity index (χ0v) is 36.1. The van der Waals surface area contributed by atoms with Gasteiger partial charge in [0, 0.05) is 12.8 Å². The third kappa shape index (κ3) is 36.3. The number of phosphoric ester groups is 1. The Kier molecular flexibility index (Phi) is 33.0. The van der Waals surface area contributed by atoms with Crippen LogP contribution < -0.4 is 0 Å². The van der Waals surface area contributed by atoms with Gasteiger partial charge in [0.25, 0.3) is 0 Å². The minimum Gasteiger partial charge on any atom is -0.462 e. The normalized spacial score (nSPS) is 16.5. The number of carbonyl (C=O) groups is 2. The van der Waals surface area contributed by atoms with Crippen LogP contribution in [-0.2, 0) is 32.9 Å². The molecule has 0 aromatic rings. The summed E-state index contributed by atoms with van der Waals surface area (Å²) in [5.74, 6) is -0.118. The van der Waals surface area contributed by atoms with Crippen molar-refractivity contribution in [2.45, 2.75) is 219 Å². The summed E-state index contributed by atoms with van der Waals surface area (Å²) in [6.07, 6.45) is 43.2. The molecular weight excluding hydrogens is 715 g/mol. The molecule has 0 saturated carbocycles. The van der Waals surface area contributed by atoms with Crippen molar-refractivity contribution in [1.29, 1.82) is 0 Å². The standard InChI is InChI=1S/C45H81O9P/c1-4-5-6-7-8-9-10-18-21-24-27-30-34-42-43(54-42)35-32-37-44(46)51-38-41(39-52-55(48,49)50)53-45(47)36-31-28-25-22-19-16-14-12-11-13-15-17-20-23-26-29-33-40(2)3/h8-9,18,21,27,30,40-43H,4-7,10-17,19-20,22-26,28-29,31-39H2,1-3H3,(H2,48,49,50)/b9-8-,21-18-,30-27-/t41-,42?,43?/m1/s1. The first-order chi connectivity index (χ1) is 26.6. The smallest absolute Gasteiger partial charge is 0.462 e. The summed E-state index contributed by atoms with van der Waals surface area (Å²) >= 11 is 0. The summed E-state index contributed by atoms with van der Waals surface area (Å²) in [4.78, 5) is 43.1. The van der Waals surface area contributed by atoms with E-state index in [9.17, 15) is 14.2 Å². The summed E-state index contributed by atoms with van der Waals surface area (Å²) in [6, 6.07) is 0. The molecule has 9 nitrogen and oxygen atoms in total. The van der Waals surface area contributed by atoms with Crippen molar-refractivity contribution in [2.75, 3.05) is 13.2 Å². The van der Waals surface area contributed by atoms with Crippen molar-refractivity contribution < 1.29 is 42.7 Å². The third-order valence-corrected chi connectivity index (χ3v) is 10.5. The van der Waals surface area contributed by atoms with E-state index in [1.165, 1.54) is 109 Å². The monoisotopic (exact) mass is 797 g/mol. The van der Waals surface area contributed by atoms with Crippen LogP contribution in [0, 0.1) is 5.92 Å². The number of hydrogen-bond acceptors (Lipinski definition) is 7. The average Bonchev–Trinajstić information content (AvgIpc) is 3.89. The summed E-state index contributed by atoms with van der Waals surface area (Å²) in [5.41, 5.74) is 0. The molecule has 2 N–H and O–H groups in total. The van der Waals surface area contributed by atoms with E-state index in [0.717, 1.165) is 50.9 Å². The maximum Gasteiger partial charge on any atom is 0.469 e. The van der Waals surface area contributed by atoms with Gasteiger partial charge in [0.05, 0.1) is 18.8 Å². The van der Waals surface area contributed by atoms with Gasteiger partial charge in [0.1, 0.15) is 6.61 Å². The van der Waals surface area contributed by atoms with Crippen LogP contribution in [0.4, 0.5) is 0 Å². The topological polar surface area (TPSA) is 132 Å². The van der Waals surface area contributed by atoms with Crippen molar-refractivity contribution in [2.24, 2.45) is 5.92 Å². The van der Waals surface area contributed by atoms with Crippen LogP contribution in [0.3, 0.4) is 0 Å². The lowest BCUT2D eigenvalue weighted by molar-refractivity contribution is -0.161. The molecular formula is C45H81O9P. The van der Waals surface area contributed by atoms with E-state index in [-0.39, 0.29) is 31.7 Å². The van der Waals surface area contributed by atoms with Crippen molar-refractivity contribution >= 4 is 19.8 Å². The fourth-order valence-corrected chi connectivity index (χ4v) is 6.95. The highest BCUT2D eigenvalue weighted by Crippen LogP contribution is 2.36. The first kappa shape index (κ1) is 51.2. The first-order valence-electron chi connectivity index (χ1n) is 22.3. The lowest BCUT2D eigenvalue weighted by Gasteiger charge is -2.18. The third-order valence-electron chi connectivity index (χ3n) is 10.0. The number of allylic oxidation sites excluding steroid dienone is 5. The minimum atomic E-state index is -4.78. The molecule has 0 spiro atoms. The molecule has 320 valence electrons. The summed E-state index contributed by atoms with van der Waals surface area (Å²) in [5, 5.41) is 0. The number of unbranched alkanes of at least 4 members (excludes halogenated alkanes) is 18. The van der Waals surface area contributed by atoms with Crippen LogP contribution >= 0.6 is 7.82 Å². The van der Waals surface area contributed by atoms with Gasteiger partial charge in [0.15, 0.2) is 6.10 Å². The maximum atomic E-state index is 12.5. The molecule has 1 aliphatic rings. The van der Waals surface area contributed by atoms with Gasteiger partial charge >= 0.3 is 19.8 Å². The SMILES string of the molecule is CCCCC/C=C\C/C=C\C/C=C\CC1OC1CCCC(=O)OC[C@H](COP(=O)(O)O)OC(=O)CCCCCCCCCCCCCCCCCCC(C)C. The number of epoxide rings is 1. The molecule has 2 unspecified atom stereocenters. The molecule has 3 atom stereocenters. The highest BCUT2D eigenvalue weighted by Gasteiger charge is 2.36. The van der Waals surface area contributed by atoms with Crippen molar-refractivity contribution in [3.63, 3.8) is 0 Å². The predicted molar refractivity (Wildman–Crippen MR) is 225 cm³/mol. The van der Waals surface area contributed by atoms with Crippen molar-refractivity contribution in [3.05, 3.63) is 36.5 Å². The second-order valence-electron chi connectivity index (χ2n) is 15.9. The highest BCUT2D eigenvalue weighted by molar-refractivity contribution is 7.46. The van der Waals surface area contributed by atoms with E-state index in [1.807, 2.05) is 0 Å². The van der Waals surface area contributed by atoms with Gasteiger partial charge in [-0.1, -0.05) is 173 Å². The number of phosphoric acid groups is 1. The first-order valence-corrected chi connectivity index (χ1v) is 23.8. The molecule has 0 radical (unpaired) electrons. The largest absolute Gasteiger partial charge is 0.469 e. The van der Waals surface area contributed by atoms with E-state index >= 15 is 0 Å². The Morgan fingerprint density at radius 2 is 1.16 bits per heavy atom. The second-order valence-corrected chi connectivity index (χ2v) is 17.1. The Bertz CT molecular complexity index is 1070. The number of carbonyl (C=O) groups excluding carboxylic acids is 2. The predicted octanol–water partition coefficient (Wildman–Crippen LogP) is 12.6. The minimum absolute atomic E-state index is 0.139. The van der Waals surface area contributed by atoms with Gasteiger partial charge in [-0.15, -0.1) is 0 Å². The van der Waals surface area contributed by atoms with Gasteiger partial charge in [-0.3, -0.25) is 14.1 Å². The van der Waals surface area contributed by atoms with E-state index in [4.69, 9.17) is 24.0 Å². The molecule has 10 heteroatoms. The summed E-state index contributed by atoms with van der Waals surface area (Å²) in [6.45, 7) is 5.96. The van der Waals surface area contributed by atoms with Crippen LogP contribution in [0.25, 0.3) is 0 Å². The molecule has 1 rings (SSSR count). The molecule has 0 aromatic heterocycles. The molecule has 1 aliphatic heterocycles. The van der Waals surface area contributed by atoms with Crippen LogP contribution in [-0.4, -0.2) is 53.3 Å². The van der Waals surface area contributed by atoms with Crippen molar-refractivity contribution in [3.8, 4) is 0 Å². The van der Waals surface area contributed by atoms with Crippen LogP contribution in [0.15, 0.2) is 36.5 Å². The van der Waals surface area contributed by atoms with E-state index in [2.05, 4.69) is 61.8 Å². The van der Waals surface area contributed by atoms with Crippen LogP contribution in [0.1, 0.15) is 201 Å². The summed E-state index contributed by atoms with van der Waals surface area (Å²) < 4.78 is 32.2. The molecule has 55 heavy (non-hydrogen) atoms. The molecule has 0 aromatic carbocycles.